The van der Waals surface area contributed by atoms with E-state index >= 15 is 0 Å². The zero-order valence-corrected chi connectivity index (χ0v) is 9.63. The van der Waals surface area contributed by atoms with Gasteiger partial charge in [-0.1, -0.05) is 15.9 Å². The van der Waals surface area contributed by atoms with Crippen LogP contribution in [0.3, 0.4) is 0 Å². The average molecular weight is 269 g/mol. The van der Waals surface area contributed by atoms with E-state index in [1.165, 1.54) is 6.07 Å². The van der Waals surface area contributed by atoms with Crippen LogP contribution in [0, 0.1) is 18.3 Å². The Hall–Kier alpha value is -1.54. The van der Waals surface area contributed by atoms with Gasteiger partial charge in [-0.3, -0.25) is 4.79 Å². The molecule has 0 atom stereocenters. The minimum Gasteiger partial charge on any atom is -0.506 e. The topological polar surface area (TPSA) is 73.1 Å². The van der Waals surface area contributed by atoms with Crippen molar-refractivity contribution in [3.05, 3.63) is 22.2 Å². The minimum absolute atomic E-state index is 0.0202. The fraction of sp³-hybridized carbons (Fsp3) is 0.200. The number of aryl methyl sites for hydroxylation is 1. The van der Waals surface area contributed by atoms with Gasteiger partial charge in [0, 0.05) is 4.47 Å². The van der Waals surface area contributed by atoms with Gasteiger partial charge in [-0.15, -0.1) is 0 Å². The first-order chi connectivity index (χ1) is 7.04. The number of halogens is 1. The summed E-state index contributed by atoms with van der Waals surface area (Å²) in [5.74, 6) is -0.452. The summed E-state index contributed by atoms with van der Waals surface area (Å²) in [4.78, 5) is 11.1. The van der Waals surface area contributed by atoms with Gasteiger partial charge in [-0.25, -0.2) is 0 Å². The Labute approximate surface area is 95.7 Å². The van der Waals surface area contributed by atoms with E-state index < -0.39 is 5.91 Å². The van der Waals surface area contributed by atoms with E-state index in [1.807, 2.05) is 0 Å². The maximum atomic E-state index is 11.1. The van der Waals surface area contributed by atoms with E-state index in [0.29, 0.717) is 5.69 Å². The summed E-state index contributed by atoms with van der Waals surface area (Å²) >= 11 is 3.22. The quantitative estimate of drug-likeness (QED) is 0.809. The number of hydrogen-bond donors (Lipinski definition) is 2. The molecule has 1 amide bonds. The molecule has 1 aromatic carbocycles. The van der Waals surface area contributed by atoms with Gasteiger partial charge in [0.2, 0.25) is 5.91 Å². The van der Waals surface area contributed by atoms with Gasteiger partial charge in [0.1, 0.15) is 12.2 Å². The Bertz CT molecular complexity index is 415. The van der Waals surface area contributed by atoms with Gasteiger partial charge in [-0.05, 0) is 24.6 Å². The molecule has 0 aliphatic rings. The van der Waals surface area contributed by atoms with Crippen LogP contribution in [0.25, 0.3) is 0 Å². The number of nitriles is 1. The first-order valence-corrected chi connectivity index (χ1v) is 5.00. The van der Waals surface area contributed by atoms with Gasteiger partial charge in [0.25, 0.3) is 0 Å². The molecular formula is C10H9BrN2O2. The third-order valence-electron chi connectivity index (χ3n) is 1.78. The summed E-state index contributed by atoms with van der Waals surface area (Å²) < 4.78 is 0.732. The fourth-order valence-corrected chi connectivity index (χ4v) is 1.70. The Balaban J connectivity index is 2.96. The summed E-state index contributed by atoms with van der Waals surface area (Å²) in [6, 6.07) is 4.98. The van der Waals surface area contributed by atoms with Crippen LogP contribution in [0.4, 0.5) is 5.69 Å². The van der Waals surface area contributed by atoms with Gasteiger partial charge in [0.15, 0.2) is 0 Å². The Kier molecular flexibility index (Phi) is 3.69. The second kappa shape index (κ2) is 4.80. The van der Waals surface area contributed by atoms with Crippen molar-refractivity contribution in [3.63, 3.8) is 0 Å². The van der Waals surface area contributed by atoms with Crippen molar-refractivity contribution < 1.29 is 9.90 Å². The number of carbonyl (C=O) groups excluding carboxylic acids is 1. The number of hydrogen-bond acceptors (Lipinski definition) is 3. The molecule has 0 saturated heterocycles. The molecule has 0 bridgehead atoms. The molecule has 0 radical (unpaired) electrons. The Morgan fingerprint density at radius 3 is 2.87 bits per heavy atom. The highest BCUT2D eigenvalue weighted by molar-refractivity contribution is 9.10. The number of carbonyl (C=O) groups is 1. The number of nitrogens with zero attached hydrogens (tertiary/aromatic N) is 1. The molecule has 1 aromatic rings. The zero-order chi connectivity index (χ0) is 11.4. The van der Waals surface area contributed by atoms with E-state index in [4.69, 9.17) is 5.26 Å². The smallest absolute Gasteiger partial charge is 0.238 e. The van der Waals surface area contributed by atoms with Crippen LogP contribution >= 0.6 is 15.9 Å². The van der Waals surface area contributed by atoms with E-state index in [1.54, 1.807) is 19.1 Å². The van der Waals surface area contributed by atoms with E-state index in [0.717, 1.165) is 10.0 Å². The molecule has 0 spiro atoms. The lowest BCUT2D eigenvalue weighted by Gasteiger charge is -2.09. The number of aromatic hydroxyl groups is 1. The monoisotopic (exact) mass is 268 g/mol. The number of phenols is 1. The van der Waals surface area contributed by atoms with Gasteiger partial charge < -0.3 is 10.4 Å². The zero-order valence-electron chi connectivity index (χ0n) is 8.04. The standard InChI is InChI=1S/C10H9BrN2O2/c1-6-4-7(11)5-8(14)10(6)13-9(15)2-3-12/h4-5,14H,2H2,1H3,(H,13,15). The van der Waals surface area contributed by atoms with Crippen molar-refractivity contribution in [2.45, 2.75) is 13.3 Å². The van der Waals surface area contributed by atoms with E-state index in [2.05, 4.69) is 21.2 Å². The van der Waals surface area contributed by atoms with Crippen LogP contribution in [-0.2, 0) is 4.79 Å². The summed E-state index contributed by atoms with van der Waals surface area (Å²) in [7, 11) is 0. The van der Waals surface area contributed by atoms with Crippen molar-refractivity contribution in [3.8, 4) is 11.8 Å². The van der Waals surface area contributed by atoms with Gasteiger partial charge >= 0.3 is 0 Å². The second-order valence-corrected chi connectivity index (χ2v) is 3.92. The minimum atomic E-state index is -0.432. The lowest BCUT2D eigenvalue weighted by atomic mass is 10.2. The summed E-state index contributed by atoms with van der Waals surface area (Å²) in [6.45, 7) is 1.76. The SMILES string of the molecule is Cc1cc(Br)cc(O)c1NC(=O)CC#N. The first-order valence-electron chi connectivity index (χ1n) is 4.20. The largest absolute Gasteiger partial charge is 0.506 e. The van der Waals surface area contributed by atoms with Crippen molar-refractivity contribution in [1.82, 2.24) is 0 Å². The third-order valence-corrected chi connectivity index (χ3v) is 2.24. The normalized spacial score (nSPS) is 9.40. The molecule has 15 heavy (non-hydrogen) atoms. The molecule has 4 nitrogen and oxygen atoms in total. The highest BCUT2D eigenvalue weighted by Crippen LogP contribution is 2.31. The van der Waals surface area contributed by atoms with E-state index in [9.17, 15) is 9.90 Å². The molecule has 0 aromatic heterocycles. The van der Waals surface area contributed by atoms with Crippen molar-refractivity contribution in [1.29, 1.82) is 5.26 Å². The lowest BCUT2D eigenvalue weighted by Crippen LogP contribution is -2.11. The predicted molar refractivity (Wildman–Crippen MR) is 59.4 cm³/mol. The van der Waals surface area contributed by atoms with Crippen molar-refractivity contribution >= 4 is 27.5 Å². The highest BCUT2D eigenvalue weighted by atomic mass is 79.9. The van der Waals surface area contributed by atoms with Crippen LogP contribution in [-0.4, -0.2) is 11.0 Å². The average Bonchev–Trinajstić information content (AvgIpc) is 2.11. The Morgan fingerprint density at radius 2 is 2.33 bits per heavy atom. The van der Waals surface area contributed by atoms with Crippen molar-refractivity contribution in [2.24, 2.45) is 0 Å². The molecule has 0 aliphatic carbocycles. The van der Waals surface area contributed by atoms with Crippen LogP contribution in [0.5, 0.6) is 5.75 Å². The van der Waals surface area contributed by atoms with Crippen LogP contribution in [0.15, 0.2) is 16.6 Å². The summed E-state index contributed by atoms with van der Waals surface area (Å²) in [5.41, 5.74) is 1.08. The molecule has 1 rings (SSSR count). The lowest BCUT2D eigenvalue weighted by molar-refractivity contribution is -0.115. The second-order valence-electron chi connectivity index (χ2n) is 3.00. The first kappa shape index (κ1) is 11.5. The van der Waals surface area contributed by atoms with Crippen molar-refractivity contribution in [2.75, 3.05) is 5.32 Å². The Morgan fingerprint density at radius 1 is 1.67 bits per heavy atom. The van der Waals surface area contributed by atoms with Gasteiger partial charge in [-0.2, -0.15) is 5.26 Å². The number of rotatable bonds is 2. The molecular weight excluding hydrogens is 260 g/mol. The molecule has 2 N–H and O–H groups in total. The molecule has 78 valence electrons. The maximum Gasteiger partial charge on any atom is 0.238 e. The number of phenolic OH excluding ortho intramolecular Hbond substituents is 1. The molecule has 0 fully saturated rings. The molecule has 0 aliphatic heterocycles. The highest BCUT2D eigenvalue weighted by Gasteiger charge is 2.09. The summed E-state index contributed by atoms with van der Waals surface area (Å²) in [6.07, 6.45) is -0.227. The summed E-state index contributed by atoms with van der Waals surface area (Å²) in [5, 5.41) is 20.4. The number of benzene rings is 1. The fourth-order valence-electron chi connectivity index (χ4n) is 1.14. The van der Waals surface area contributed by atoms with Crippen LogP contribution in [0.1, 0.15) is 12.0 Å². The molecule has 0 heterocycles. The third kappa shape index (κ3) is 2.96. The predicted octanol–water partition coefficient (Wildman–Crippen LogP) is 2.32. The number of amides is 1. The van der Waals surface area contributed by atoms with Gasteiger partial charge in [0.05, 0.1) is 11.8 Å². The van der Waals surface area contributed by atoms with Crippen LogP contribution < -0.4 is 5.32 Å². The maximum absolute atomic E-state index is 11.1. The number of nitrogens with one attached hydrogen (secondary N) is 1. The molecule has 0 unspecified atom stereocenters. The molecule has 0 saturated carbocycles. The van der Waals surface area contributed by atoms with Crippen LogP contribution in [0.2, 0.25) is 0 Å². The number of anilines is 1. The van der Waals surface area contributed by atoms with E-state index in [-0.39, 0.29) is 12.2 Å². The molecule has 5 heteroatoms.